The molecule has 1 saturated heterocycles. The minimum atomic E-state index is -1.70. The van der Waals surface area contributed by atoms with E-state index < -0.39 is 180 Å². The number of aromatic nitrogens is 1. The number of nitrogens with zero attached hydrogens (tertiary/aromatic N) is 1. The van der Waals surface area contributed by atoms with E-state index in [1.165, 1.54) is 18.7 Å². The molecule has 1 fully saturated rings. The zero-order chi connectivity index (χ0) is 85.4. The van der Waals surface area contributed by atoms with Crippen molar-refractivity contribution < 1.29 is 97.5 Å². The standard InChI is InChI=1S/C81H124N14O20/c1-9-49(6)68(77(109)94-70(51(8)98)79(111)89-58(41-48(4)5)73(105)91-61(81(114)115)43-53-45-84-55-33-28-27-32-54(53)55)92-71(103)56(37-38-64(82)99)86-76(108)63-34-29-39-95(63)67(102)36-26-21-19-17-15-13-11-10-12-14-16-18-20-25-35-66(101)85-62(46-96)75(107)93-69(50(7)97)78(110)88-57(40-47(2)3)72(104)87-59(44-65(83)100)74(106)90-60(80(112)113)42-52-30-23-22-24-31-52/h10-11,22-24,27-28,30-33,45,47-51,56-63,68-70,84,96-98H,9,12-21,25-26,29,34-44,46H2,1-8H3,(H2,82,99)(H2,83,100)(H,85,101)(H,86,108)(H,87,104)(H,88,110)(H,89,111)(H,90,106)(H,91,105)(H,92,103)(H,93,107)(H,94,109)(H,112,113)(H,114,115)/t49-,50+,51+,56-,57-,58-,59-,60-,61-,62-,63-,68-,69-,70-/m0/s1. The molecule has 2 aromatic carbocycles. The van der Waals surface area contributed by atoms with E-state index in [1.54, 1.807) is 84.1 Å². The molecule has 4 rings (SSSR count). The monoisotopic (exact) mass is 1610 g/mol. The quantitative estimate of drug-likeness (QED) is 0.0284. The summed E-state index contributed by atoms with van der Waals surface area (Å²) in [5.41, 5.74) is 12.9. The van der Waals surface area contributed by atoms with Gasteiger partial charge in [-0.3, -0.25) is 62.3 Å². The van der Waals surface area contributed by atoms with Gasteiger partial charge >= 0.3 is 11.9 Å². The minimum Gasteiger partial charge on any atom is -0.480 e. The molecule has 1 aromatic heterocycles. The number of carboxylic acids is 2. The number of hydrogen-bond donors (Lipinski definition) is 18. The number of likely N-dealkylation sites (tertiary alicyclic amines) is 1. The van der Waals surface area contributed by atoms with E-state index in [0.717, 1.165) is 68.7 Å². The van der Waals surface area contributed by atoms with Crippen LogP contribution < -0.4 is 64.6 Å². The fourth-order valence-electron chi connectivity index (χ4n) is 13.3. The van der Waals surface area contributed by atoms with Crippen LogP contribution in [0, 0.1) is 17.8 Å². The van der Waals surface area contributed by atoms with Crippen LogP contribution in [0.5, 0.6) is 0 Å². The Labute approximate surface area is 671 Å². The Bertz CT molecular complexity index is 3740. The van der Waals surface area contributed by atoms with Crippen molar-refractivity contribution in [2.24, 2.45) is 29.2 Å². The van der Waals surface area contributed by atoms with E-state index in [0.29, 0.717) is 56.2 Å². The lowest BCUT2D eigenvalue weighted by atomic mass is 9.96. The molecule has 34 nitrogen and oxygen atoms in total. The number of carboxylic acid groups (broad SMARTS) is 2. The molecule has 14 atom stereocenters. The number of unbranched alkanes of at least 4 members (excludes halogenated alkanes) is 10. The number of hydrogen-bond acceptors (Lipinski definition) is 18. The first-order valence-electron chi connectivity index (χ1n) is 40.1. The molecule has 34 heteroatoms. The number of aliphatic carboxylic acids is 2. The molecule has 0 aliphatic carbocycles. The molecule has 1 aliphatic rings. The third-order valence-corrected chi connectivity index (χ3v) is 20.0. The molecule has 0 bridgehead atoms. The number of amides is 13. The van der Waals surface area contributed by atoms with E-state index >= 15 is 0 Å². The Morgan fingerprint density at radius 1 is 0.496 bits per heavy atom. The molecule has 20 N–H and O–H groups in total. The molecule has 13 amide bonds. The van der Waals surface area contributed by atoms with Crippen LogP contribution in [0.2, 0.25) is 0 Å². The highest BCUT2D eigenvalue weighted by molar-refractivity contribution is 6.00. The van der Waals surface area contributed by atoms with Gasteiger partial charge in [0.2, 0.25) is 76.8 Å². The molecule has 0 saturated carbocycles. The Hall–Kier alpha value is -10.4. The lowest BCUT2D eigenvalue weighted by molar-refractivity contribution is -0.143. The SMILES string of the molecule is CC[C@H](C)[C@H](NC(=O)[C@H](CCC(N)=O)NC(=O)[C@@H]1CCCN1C(=O)CCCCCCCC=CCCCCCCCC(=O)N[C@@H](CO)C(=O)N[C@H](C(=O)N[C@@H](CC(C)C)C(=O)N[C@@H](CC(N)=O)C(=O)N[C@@H](Cc1ccccc1)C(=O)O)[C@@H](C)O)C(=O)N[C@H](C(=O)N[C@@H](CC(C)C)C(=O)N[C@@H](Cc1c[nH]c2ccccc12)C(=O)O)[C@@H](C)O. The summed E-state index contributed by atoms with van der Waals surface area (Å²) in [6.45, 7) is 12.3. The molecule has 2 heterocycles. The van der Waals surface area contributed by atoms with Crippen molar-refractivity contribution >= 4 is 99.6 Å². The second kappa shape index (κ2) is 50.8. The van der Waals surface area contributed by atoms with Gasteiger partial charge in [-0.25, -0.2) is 9.59 Å². The zero-order valence-corrected chi connectivity index (χ0v) is 67.5. The number of para-hydroxylation sites is 1. The number of aliphatic hydroxyl groups excluding tert-OH is 3. The maximum Gasteiger partial charge on any atom is 0.326 e. The summed E-state index contributed by atoms with van der Waals surface area (Å²) in [5, 5.41) is 77.3. The van der Waals surface area contributed by atoms with Crippen molar-refractivity contribution in [2.75, 3.05) is 13.2 Å². The molecular formula is C81H124N14O20. The maximum atomic E-state index is 14.2. The van der Waals surface area contributed by atoms with E-state index in [2.05, 4.69) is 70.3 Å². The van der Waals surface area contributed by atoms with Crippen molar-refractivity contribution in [2.45, 2.75) is 288 Å². The highest BCUT2D eigenvalue weighted by atomic mass is 16.4. The predicted octanol–water partition coefficient (Wildman–Crippen LogP) is 2.01. The normalized spacial score (nSPS) is 16.2. The van der Waals surface area contributed by atoms with Gasteiger partial charge in [0.25, 0.3) is 0 Å². The van der Waals surface area contributed by atoms with Crippen LogP contribution in [-0.2, 0) is 84.8 Å². The smallest absolute Gasteiger partial charge is 0.326 e. The number of benzene rings is 2. The molecule has 0 radical (unpaired) electrons. The number of carbonyl (C=O) groups excluding carboxylic acids is 13. The fraction of sp³-hybridized carbons (Fsp3) is 0.617. The highest BCUT2D eigenvalue weighted by Crippen LogP contribution is 2.23. The molecule has 638 valence electrons. The summed E-state index contributed by atoms with van der Waals surface area (Å²) in [4.78, 5) is 204. The molecule has 3 aromatic rings. The van der Waals surface area contributed by atoms with Crippen molar-refractivity contribution in [1.82, 2.24) is 63.1 Å². The Balaban J connectivity index is 1.16. The number of H-pyrrole nitrogens is 1. The molecule has 0 spiro atoms. The van der Waals surface area contributed by atoms with Crippen LogP contribution in [0.15, 0.2) is 72.9 Å². The van der Waals surface area contributed by atoms with Gasteiger partial charge in [0, 0.05) is 55.7 Å². The Kier molecular flexibility index (Phi) is 42.8. The maximum absolute atomic E-state index is 14.2. The van der Waals surface area contributed by atoms with Crippen LogP contribution in [0.4, 0.5) is 0 Å². The van der Waals surface area contributed by atoms with Crippen LogP contribution >= 0.6 is 0 Å². The third kappa shape index (κ3) is 34.7. The van der Waals surface area contributed by atoms with Crippen LogP contribution in [0.1, 0.15) is 208 Å². The lowest BCUT2D eigenvalue weighted by Gasteiger charge is -2.30. The van der Waals surface area contributed by atoms with Gasteiger partial charge < -0.3 is 100 Å². The van der Waals surface area contributed by atoms with E-state index in [9.17, 15) is 97.5 Å². The summed E-state index contributed by atoms with van der Waals surface area (Å²) >= 11 is 0. The van der Waals surface area contributed by atoms with Gasteiger partial charge in [-0.05, 0) is 119 Å². The van der Waals surface area contributed by atoms with Gasteiger partial charge in [-0.1, -0.05) is 147 Å². The van der Waals surface area contributed by atoms with Gasteiger partial charge in [0.05, 0.1) is 25.2 Å². The topological polar surface area (TPSA) is 549 Å². The van der Waals surface area contributed by atoms with Gasteiger partial charge in [-0.15, -0.1) is 0 Å². The predicted molar refractivity (Wildman–Crippen MR) is 426 cm³/mol. The summed E-state index contributed by atoms with van der Waals surface area (Å²) < 4.78 is 0. The number of aromatic amines is 1. The van der Waals surface area contributed by atoms with E-state index in [-0.39, 0.29) is 69.1 Å². The first-order chi connectivity index (χ1) is 54.5. The number of primary amides is 2. The number of fused-ring (bicyclic) bond motifs is 1. The fourth-order valence-corrected chi connectivity index (χ4v) is 13.3. The molecular weight excluding hydrogens is 1490 g/mol. The second-order valence-corrected chi connectivity index (χ2v) is 30.7. The third-order valence-electron chi connectivity index (χ3n) is 20.0. The summed E-state index contributed by atoms with van der Waals surface area (Å²) in [6.07, 6.45) is 12.5. The largest absolute Gasteiger partial charge is 0.480 e. The lowest BCUT2D eigenvalue weighted by Crippen LogP contribution is -2.62. The Morgan fingerprint density at radius 2 is 0.957 bits per heavy atom. The summed E-state index contributed by atoms with van der Waals surface area (Å²) in [7, 11) is 0. The first kappa shape index (κ1) is 97.0. The van der Waals surface area contributed by atoms with E-state index in [1.807, 2.05) is 18.2 Å². The first-order valence-corrected chi connectivity index (χ1v) is 40.1. The number of rotatable bonds is 55. The number of nitrogens with two attached hydrogens (primary N) is 2. The van der Waals surface area contributed by atoms with Gasteiger partial charge in [0.1, 0.15) is 66.5 Å². The van der Waals surface area contributed by atoms with E-state index in [4.69, 9.17) is 11.5 Å². The summed E-state index contributed by atoms with van der Waals surface area (Å²) in [5.74, 6) is -14.5. The van der Waals surface area contributed by atoms with Crippen molar-refractivity contribution in [3.8, 4) is 0 Å². The van der Waals surface area contributed by atoms with Crippen molar-refractivity contribution in [3.05, 3.63) is 84.1 Å². The number of nitrogens with one attached hydrogen (secondary N) is 11. The highest BCUT2D eigenvalue weighted by Gasteiger charge is 2.41. The zero-order valence-electron chi connectivity index (χ0n) is 67.5. The molecule has 115 heavy (non-hydrogen) atoms. The van der Waals surface area contributed by atoms with Crippen LogP contribution in [-0.4, -0.2) is 216 Å². The molecule has 0 unspecified atom stereocenters. The van der Waals surface area contributed by atoms with Crippen LogP contribution in [0.25, 0.3) is 10.9 Å². The number of carbonyl (C=O) groups is 15. The number of allylic oxidation sites excluding steroid dienone is 2. The second-order valence-electron chi connectivity index (χ2n) is 30.7. The molecule has 1 aliphatic heterocycles. The van der Waals surface area contributed by atoms with Crippen LogP contribution in [0.3, 0.4) is 0 Å². The minimum absolute atomic E-state index is 0.0344. The average molecular weight is 1610 g/mol. The average Bonchev–Trinajstić information content (AvgIpc) is 1.62. The Morgan fingerprint density at radius 3 is 1.48 bits per heavy atom. The van der Waals surface area contributed by atoms with Crippen molar-refractivity contribution in [1.29, 1.82) is 0 Å². The number of aliphatic hydroxyl groups is 3. The van der Waals surface area contributed by atoms with Gasteiger partial charge in [0.15, 0.2) is 0 Å². The van der Waals surface area contributed by atoms with Crippen molar-refractivity contribution in [3.63, 3.8) is 0 Å². The van der Waals surface area contributed by atoms with Gasteiger partial charge in [-0.2, -0.15) is 0 Å². The summed E-state index contributed by atoms with van der Waals surface area (Å²) in [6, 6.07) is -0.0788.